The predicted octanol–water partition coefficient (Wildman–Crippen LogP) is 3.34. The first kappa shape index (κ1) is 24.3. The average molecular weight is 453 g/mol. The van der Waals surface area contributed by atoms with Gasteiger partial charge < -0.3 is 15.3 Å². The molecule has 2 aromatic rings. The topological polar surface area (TPSA) is 96.3 Å². The van der Waals surface area contributed by atoms with Gasteiger partial charge in [-0.25, -0.2) is 5.01 Å². The minimum Gasteiger partial charge on any atom is -0.394 e. The van der Waals surface area contributed by atoms with E-state index in [9.17, 15) is 19.9 Å². The Bertz CT molecular complexity index is 970. The number of hydroxylamine groups is 1. The Hall–Kier alpha value is -3.36. The quantitative estimate of drug-likeness (QED) is 0.420. The molecule has 8 nitrogen and oxygen atoms in total. The second-order valence-electron chi connectivity index (χ2n) is 9.11. The van der Waals surface area contributed by atoms with Crippen LogP contribution in [0.15, 0.2) is 67.0 Å². The summed E-state index contributed by atoms with van der Waals surface area (Å²) < 4.78 is 0. The predicted molar refractivity (Wildman–Crippen MR) is 127 cm³/mol. The lowest BCUT2D eigenvalue weighted by atomic mass is 9.87. The first-order valence-electron chi connectivity index (χ1n) is 11.0. The Labute approximate surface area is 194 Å². The monoisotopic (exact) mass is 452 g/mol. The first-order valence-corrected chi connectivity index (χ1v) is 11.0. The molecule has 0 fully saturated rings. The Kier molecular flexibility index (Phi) is 7.73. The third-order valence-electron chi connectivity index (χ3n) is 5.62. The van der Waals surface area contributed by atoms with Crippen LogP contribution in [0.2, 0.25) is 0 Å². The zero-order valence-corrected chi connectivity index (χ0v) is 19.3. The maximum absolute atomic E-state index is 12.4. The summed E-state index contributed by atoms with van der Waals surface area (Å²) in [6, 6.07) is 17.7. The Morgan fingerprint density at radius 2 is 1.64 bits per heavy atom. The number of aliphatic hydroxyl groups excluding tert-OH is 1. The van der Waals surface area contributed by atoms with E-state index in [1.54, 1.807) is 12.4 Å². The zero-order chi connectivity index (χ0) is 24.0. The summed E-state index contributed by atoms with van der Waals surface area (Å²) in [5.74, 6) is -0.935. The van der Waals surface area contributed by atoms with Gasteiger partial charge in [0.1, 0.15) is 6.67 Å². The second-order valence-corrected chi connectivity index (χ2v) is 9.11. The summed E-state index contributed by atoms with van der Waals surface area (Å²) in [4.78, 5) is 26.4. The lowest BCUT2D eigenvalue weighted by Gasteiger charge is -2.30. The molecule has 0 saturated heterocycles. The highest BCUT2D eigenvalue weighted by atomic mass is 16.6. The largest absolute Gasteiger partial charge is 0.394 e. The number of carbonyl (C=O) groups is 2. The van der Waals surface area contributed by atoms with Crippen LogP contribution in [-0.2, 0) is 9.59 Å². The van der Waals surface area contributed by atoms with E-state index in [0.717, 1.165) is 16.8 Å². The first-order chi connectivity index (χ1) is 15.7. The summed E-state index contributed by atoms with van der Waals surface area (Å²) in [6.07, 6.45) is 3.14. The number of carbonyl (C=O) groups excluding carboxylic acids is 2. The van der Waals surface area contributed by atoms with Crippen molar-refractivity contribution in [1.29, 1.82) is 0 Å². The van der Waals surface area contributed by atoms with Crippen molar-refractivity contribution in [3.8, 4) is 11.1 Å². The van der Waals surface area contributed by atoms with Crippen LogP contribution in [0.25, 0.3) is 11.1 Å². The van der Waals surface area contributed by atoms with Gasteiger partial charge in [-0.2, -0.15) is 0 Å². The van der Waals surface area contributed by atoms with Crippen LogP contribution in [0.5, 0.6) is 0 Å². The molecule has 0 spiro atoms. The third-order valence-corrected chi connectivity index (χ3v) is 5.62. The Morgan fingerprint density at radius 1 is 1.00 bits per heavy atom. The van der Waals surface area contributed by atoms with Crippen molar-refractivity contribution in [2.24, 2.45) is 5.41 Å². The number of aliphatic hydroxyl groups is 1. The minimum absolute atomic E-state index is 0.0787. The van der Waals surface area contributed by atoms with Gasteiger partial charge in [-0.05, 0) is 28.7 Å². The molecular weight excluding hydrogens is 420 g/mol. The standard InChI is InChI=1S/C25H32N4O4/c1-25(2,3)22(17-30)26-23(31)13-14-24(32)29(33)28-16-15-27(18-28)21-11-9-20(10-12-21)19-7-5-4-6-8-19/h4-12,15-16,22,30,33H,13-14,17-18H2,1-3H3,(H,26,31)/t22-/m1/s1. The molecule has 0 unspecified atom stereocenters. The van der Waals surface area contributed by atoms with E-state index in [0.29, 0.717) is 5.17 Å². The molecule has 1 atom stereocenters. The molecule has 1 heterocycles. The molecule has 0 aliphatic carbocycles. The summed E-state index contributed by atoms with van der Waals surface area (Å²) in [5, 5.41) is 24.4. The van der Waals surface area contributed by atoms with Crippen LogP contribution in [0, 0.1) is 5.41 Å². The number of anilines is 1. The van der Waals surface area contributed by atoms with E-state index in [1.807, 2.05) is 68.1 Å². The molecule has 176 valence electrons. The maximum Gasteiger partial charge on any atom is 0.267 e. The number of amides is 2. The van der Waals surface area contributed by atoms with Crippen molar-refractivity contribution >= 4 is 17.5 Å². The molecule has 33 heavy (non-hydrogen) atoms. The smallest absolute Gasteiger partial charge is 0.267 e. The molecule has 0 radical (unpaired) electrons. The Balaban J connectivity index is 1.50. The van der Waals surface area contributed by atoms with E-state index < -0.39 is 11.9 Å². The van der Waals surface area contributed by atoms with Crippen molar-refractivity contribution in [3.05, 3.63) is 67.0 Å². The lowest BCUT2D eigenvalue weighted by Crippen LogP contribution is -2.47. The fraction of sp³-hybridized carbons (Fsp3) is 0.360. The molecular formula is C25H32N4O4. The average Bonchev–Trinajstić information content (AvgIpc) is 3.30. The van der Waals surface area contributed by atoms with Gasteiger partial charge in [0.15, 0.2) is 0 Å². The highest BCUT2D eigenvalue weighted by Crippen LogP contribution is 2.25. The number of hydrogen-bond donors (Lipinski definition) is 3. The van der Waals surface area contributed by atoms with Crippen molar-refractivity contribution < 1.29 is 19.9 Å². The number of rotatable bonds is 8. The molecule has 2 aromatic carbocycles. The molecule has 1 aliphatic rings. The van der Waals surface area contributed by atoms with Gasteiger partial charge in [0.05, 0.1) is 12.6 Å². The van der Waals surface area contributed by atoms with Gasteiger partial charge in [0.25, 0.3) is 5.91 Å². The van der Waals surface area contributed by atoms with Gasteiger partial charge in [-0.3, -0.25) is 14.8 Å². The number of hydrazine groups is 1. The summed E-state index contributed by atoms with van der Waals surface area (Å²) in [6.45, 7) is 5.81. The molecule has 0 saturated carbocycles. The van der Waals surface area contributed by atoms with Crippen LogP contribution in [0.4, 0.5) is 5.69 Å². The molecule has 0 aromatic heterocycles. The molecule has 8 heteroatoms. The Morgan fingerprint density at radius 3 is 2.24 bits per heavy atom. The number of nitrogens with zero attached hydrogens (tertiary/aromatic N) is 3. The van der Waals surface area contributed by atoms with Crippen molar-refractivity contribution in [2.75, 3.05) is 18.2 Å². The zero-order valence-electron chi connectivity index (χ0n) is 19.3. The minimum atomic E-state index is -0.590. The number of benzene rings is 2. The van der Waals surface area contributed by atoms with Crippen LogP contribution in [-0.4, -0.2) is 51.6 Å². The molecule has 2 amide bonds. The van der Waals surface area contributed by atoms with Crippen LogP contribution in [0.1, 0.15) is 33.6 Å². The SMILES string of the molecule is CC(C)(C)[C@@H](CO)NC(=O)CCC(=O)N(O)N1C=CN(c2ccc(-c3ccccc3)cc2)C1. The van der Waals surface area contributed by atoms with Crippen LogP contribution >= 0.6 is 0 Å². The summed E-state index contributed by atoms with van der Waals surface area (Å²) >= 11 is 0. The van der Waals surface area contributed by atoms with E-state index in [4.69, 9.17) is 0 Å². The molecule has 1 aliphatic heterocycles. The fourth-order valence-corrected chi connectivity index (χ4v) is 3.44. The van der Waals surface area contributed by atoms with Crippen molar-refractivity contribution in [2.45, 2.75) is 39.7 Å². The highest BCUT2D eigenvalue weighted by molar-refractivity contribution is 5.83. The maximum atomic E-state index is 12.4. The van der Waals surface area contributed by atoms with Gasteiger partial charge in [0.2, 0.25) is 5.91 Å². The lowest BCUT2D eigenvalue weighted by molar-refractivity contribution is -0.221. The molecule has 0 bridgehead atoms. The van der Waals surface area contributed by atoms with E-state index in [1.165, 1.54) is 5.01 Å². The molecule has 3 N–H and O–H groups in total. The number of nitrogens with one attached hydrogen (secondary N) is 1. The van der Waals surface area contributed by atoms with E-state index in [2.05, 4.69) is 17.4 Å². The van der Waals surface area contributed by atoms with Gasteiger partial charge in [-0.15, -0.1) is 5.17 Å². The van der Waals surface area contributed by atoms with Crippen molar-refractivity contribution in [3.63, 3.8) is 0 Å². The second kappa shape index (κ2) is 10.5. The number of hydrogen-bond acceptors (Lipinski definition) is 6. The normalized spacial score (nSPS) is 14.3. The van der Waals surface area contributed by atoms with E-state index in [-0.39, 0.29) is 37.4 Å². The van der Waals surface area contributed by atoms with Gasteiger partial charge in [-0.1, -0.05) is 63.2 Å². The van der Waals surface area contributed by atoms with E-state index >= 15 is 0 Å². The van der Waals surface area contributed by atoms with Crippen LogP contribution < -0.4 is 10.2 Å². The summed E-state index contributed by atoms with van der Waals surface area (Å²) in [7, 11) is 0. The van der Waals surface area contributed by atoms with Crippen LogP contribution in [0.3, 0.4) is 0 Å². The molecule has 3 rings (SSSR count). The summed E-state index contributed by atoms with van der Waals surface area (Å²) in [5.41, 5.74) is 2.85. The highest BCUT2D eigenvalue weighted by Gasteiger charge is 2.27. The van der Waals surface area contributed by atoms with Crippen molar-refractivity contribution in [1.82, 2.24) is 15.5 Å². The van der Waals surface area contributed by atoms with Gasteiger partial charge >= 0.3 is 0 Å². The van der Waals surface area contributed by atoms with Gasteiger partial charge in [0, 0.05) is 30.9 Å². The fourth-order valence-electron chi connectivity index (χ4n) is 3.44. The third kappa shape index (κ3) is 6.34.